The molecule has 0 bridgehead atoms. The summed E-state index contributed by atoms with van der Waals surface area (Å²) < 4.78 is 42.4. The molecule has 1 amide bonds. The maximum absolute atomic E-state index is 12.4. The fraction of sp³-hybridized carbons (Fsp3) is 0.400. The largest absolute Gasteiger partial charge is 0.573 e. The SMILES string of the molecule is Cc1nc(C)n(C2CN(C(=O)c3cccc(OC(F)(F)F)c3)C2)n1. The quantitative estimate of drug-likeness (QED) is 0.861. The van der Waals surface area contributed by atoms with Crippen molar-refractivity contribution in [3.8, 4) is 5.75 Å². The van der Waals surface area contributed by atoms with Crippen molar-refractivity contribution in [2.24, 2.45) is 0 Å². The summed E-state index contributed by atoms with van der Waals surface area (Å²) in [5.41, 5.74) is 0.154. The third kappa shape index (κ3) is 3.34. The first-order valence-corrected chi connectivity index (χ1v) is 7.28. The Balaban J connectivity index is 1.66. The van der Waals surface area contributed by atoms with E-state index in [9.17, 15) is 18.0 Å². The monoisotopic (exact) mass is 340 g/mol. The van der Waals surface area contributed by atoms with Crippen LogP contribution in [0.1, 0.15) is 28.0 Å². The first-order valence-electron chi connectivity index (χ1n) is 7.28. The summed E-state index contributed by atoms with van der Waals surface area (Å²) in [6.07, 6.45) is -4.79. The number of aromatic nitrogens is 3. The topological polar surface area (TPSA) is 60.2 Å². The van der Waals surface area contributed by atoms with Crippen LogP contribution < -0.4 is 4.74 Å². The molecule has 1 fully saturated rings. The molecule has 6 nitrogen and oxygen atoms in total. The highest BCUT2D eigenvalue weighted by Gasteiger charge is 2.35. The van der Waals surface area contributed by atoms with Gasteiger partial charge in [0.25, 0.3) is 5.91 Å². The number of benzene rings is 1. The van der Waals surface area contributed by atoms with E-state index in [0.29, 0.717) is 18.9 Å². The zero-order chi connectivity index (χ0) is 17.5. The molecule has 1 aromatic heterocycles. The smallest absolute Gasteiger partial charge is 0.406 e. The maximum atomic E-state index is 12.4. The molecular formula is C15H15F3N4O2. The Morgan fingerprint density at radius 1 is 1.29 bits per heavy atom. The Morgan fingerprint density at radius 2 is 2.00 bits per heavy atom. The molecule has 0 aliphatic carbocycles. The highest BCUT2D eigenvalue weighted by molar-refractivity contribution is 5.95. The highest BCUT2D eigenvalue weighted by atomic mass is 19.4. The van der Waals surface area contributed by atoms with Gasteiger partial charge in [0.1, 0.15) is 17.4 Å². The number of hydrogen-bond acceptors (Lipinski definition) is 4. The van der Waals surface area contributed by atoms with E-state index >= 15 is 0 Å². The van der Waals surface area contributed by atoms with Crippen LogP contribution in [0.2, 0.25) is 0 Å². The second kappa shape index (κ2) is 5.81. The average Bonchev–Trinajstić information content (AvgIpc) is 2.74. The number of hydrogen-bond donors (Lipinski definition) is 0. The van der Waals surface area contributed by atoms with Crippen molar-refractivity contribution in [2.45, 2.75) is 26.3 Å². The van der Waals surface area contributed by atoms with Crippen LogP contribution in [0.4, 0.5) is 13.2 Å². The summed E-state index contributed by atoms with van der Waals surface area (Å²) in [5.74, 6) is 0.681. The van der Waals surface area contributed by atoms with Gasteiger partial charge in [0.15, 0.2) is 0 Å². The summed E-state index contributed by atoms with van der Waals surface area (Å²) in [6, 6.07) is 5.10. The third-order valence-corrected chi connectivity index (χ3v) is 3.72. The van der Waals surface area contributed by atoms with Crippen LogP contribution in [0.5, 0.6) is 5.75 Å². The predicted molar refractivity (Wildman–Crippen MR) is 77.6 cm³/mol. The number of amides is 1. The van der Waals surface area contributed by atoms with Crippen molar-refractivity contribution < 1.29 is 22.7 Å². The van der Waals surface area contributed by atoms with Gasteiger partial charge in [0.05, 0.1) is 6.04 Å². The lowest BCUT2D eigenvalue weighted by molar-refractivity contribution is -0.274. The Kier molecular flexibility index (Phi) is 3.94. The predicted octanol–water partition coefficient (Wildman–Crippen LogP) is 2.49. The summed E-state index contributed by atoms with van der Waals surface area (Å²) in [5, 5.41) is 4.28. The van der Waals surface area contributed by atoms with Crippen LogP contribution in [-0.4, -0.2) is 45.0 Å². The number of rotatable bonds is 3. The Morgan fingerprint density at radius 3 is 2.58 bits per heavy atom. The Hall–Kier alpha value is -2.58. The van der Waals surface area contributed by atoms with Gasteiger partial charge in [-0.1, -0.05) is 6.07 Å². The zero-order valence-electron chi connectivity index (χ0n) is 13.0. The lowest BCUT2D eigenvalue weighted by Crippen LogP contribution is -2.51. The summed E-state index contributed by atoms with van der Waals surface area (Å²) in [7, 11) is 0. The molecule has 0 spiro atoms. The van der Waals surface area contributed by atoms with E-state index in [-0.39, 0.29) is 17.5 Å². The molecule has 1 aliphatic rings. The summed E-state index contributed by atoms with van der Waals surface area (Å²) in [6.45, 7) is 4.50. The number of halogens is 3. The molecule has 2 heterocycles. The van der Waals surface area contributed by atoms with Crippen molar-refractivity contribution >= 4 is 5.91 Å². The van der Waals surface area contributed by atoms with Crippen LogP contribution in [-0.2, 0) is 0 Å². The molecule has 0 N–H and O–H groups in total. The van der Waals surface area contributed by atoms with Crippen LogP contribution in [0.3, 0.4) is 0 Å². The molecule has 1 aliphatic heterocycles. The van der Waals surface area contributed by atoms with Gasteiger partial charge in [0, 0.05) is 18.7 Å². The van der Waals surface area contributed by atoms with E-state index in [1.807, 2.05) is 6.92 Å². The van der Waals surface area contributed by atoms with Crippen molar-refractivity contribution in [1.82, 2.24) is 19.7 Å². The molecule has 0 radical (unpaired) electrons. The summed E-state index contributed by atoms with van der Waals surface area (Å²) in [4.78, 5) is 18.1. The van der Waals surface area contributed by atoms with E-state index in [0.717, 1.165) is 18.0 Å². The van der Waals surface area contributed by atoms with Gasteiger partial charge in [-0.05, 0) is 32.0 Å². The second-order valence-electron chi connectivity index (χ2n) is 5.59. The van der Waals surface area contributed by atoms with Gasteiger partial charge >= 0.3 is 6.36 Å². The van der Waals surface area contributed by atoms with Crippen LogP contribution in [0, 0.1) is 13.8 Å². The maximum Gasteiger partial charge on any atom is 0.573 e. The molecule has 0 unspecified atom stereocenters. The van der Waals surface area contributed by atoms with Crippen molar-refractivity contribution in [3.63, 3.8) is 0 Å². The minimum absolute atomic E-state index is 0.0322. The lowest BCUT2D eigenvalue weighted by Gasteiger charge is -2.39. The molecular weight excluding hydrogens is 325 g/mol. The number of nitrogens with zero attached hydrogens (tertiary/aromatic N) is 4. The van der Waals surface area contributed by atoms with E-state index in [1.165, 1.54) is 12.1 Å². The molecule has 0 atom stereocenters. The van der Waals surface area contributed by atoms with Crippen LogP contribution >= 0.6 is 0 Å². The van der Waals surface area contributed by atoms with Gasteiger partial charge < -0.3 is 9.64 Å². The van der Waals surface area contributed by atoms with Crippen LogP contribution in [0.25, 0.3) is 0 Å². The molecule has 1 saturated heterocycles. The highest BCUT2D eigenvalue weighted by Crippen LogP contribution is 2.27. The van der Waals surface area contributed by atoms with E-state index in [2.05, 4.69) is 14.8 Å². The normalized spacial score (nSPS) is 15.3. The number of alkyl halides is 3. The molecule has 0 saturated carbocycles. The number of likely N-dealkylation sites (tertiary alicyclic amines) is 1. The first kappa shape index (κ1) is 16.3. The van der Waals surface area contributed by atoms with Crippen molar-refractivity contribution in [1.29, 1.82) is 0 Å². The second-order valence-corrected chi connectivity index (χ2v) is 5.59. The Bertz CT molecular complexity index is 766. The average molecular weight is 340 g/mol. The molecule has 24 heavy (non-hydrogen) atoms. The van der Waals surface area contributed by atoms with Gasteiger partial charge in [0.2, 0.25) is 0 Å². The fourth-order valence-corrected chi connectivity index (χ4v) is 2.67. The third-order valence-electron chi connectivity index (χ3n) is 3.72. The minimum atomic E-state index is -4.79. The molecule has 9 heteroatoms. The number of ether oxygens (including phenoxy) is 1. The number of aryl methyl sites for hydroxylation is 2. The lowest BCUT2D eigenvalue weighted by atomic mass is 10.1. The molecule has 2 aromatic rings. The van der Waals surface area contributed by atoms with Gasteiger partial charge in [-0.2, -0.15) is 5.10 Å². The van der Waals surface area contributed by atoms with E-state index in [4.69, 9.17) is 0 Å². The summed E-state index contributed by atoms with van der Waals surface area (Å²) >= 11 is 0. The minimum Gasteiger partial charge on any atom is -0.406 e. The van der Waals surface area contributed by atoms with Gasteiger partial charge in [-0.25, -0.2) is 9.67 Å². The van der Waals surface area contributed by atoms with E-state index in [1.54, 1.807) is 16.5 Å². The van der Waals surface area contributed by atoms with Gasteiger partial charge in [-0.15, -0.1) is 13.2 Å². The first-order chi connectivity index (χ1) is 11.2. The number of carbonyl (C=O) groups is 1. The Labute approximate surface area is 135 Å². The molecule has 3 rings (SSSR count). The molecule has 1 aromatic carbocycles. The van der Waals surface area contributed by atoms with Crippen molar-refractivity contribution in [3.05, 3.63) is 41.5 Å². The zero-order valence-corrected chi connectivity index (χ0v) is 13.0. The van der Waals surface area contributed by atoms with Crippen LogP contribution in [0.15, 0.2) is 24.3 Å². The molecule has 128 valence electrons. The fourth-order valence-electron chi connectivity index (χ4n) is 2.67. The van der Waals surface area contributed by atoms with Crippen molar-refractivity contribution in [2.75, 3.05) is 13.1 Å². The van der Waals surface area contributed by atoms with E-state index < -0.39 is 12.1 Å². The standard InChI is InChI=1S/C15H15F3N4O2/c1-9-19-10(2)22(20-9)12-7-21(8-12)14(23)11-4-3-5-13(6-11)24-15(16,17)18/h3-6,12H,7-8H2,1-2H3. The van der Waals surface area contributed by atoms with Gasteiger partial charge in [-0.3, -0.25) is 4.79 Å². The number of carbonyl (C=O) groups excluding carboxylic acids is 1.